The molecular weight excluding hydrogens is 851 g/mol. The van der Waals surface area contributed by atoms with Gasteiger partial charge in [-0.25, -0.2) is 0 Å². The van der Waals surface area contributed by atoms with Crippen molar-refractivity contribution in [3.05, 3.63) is 168 Å². The van der Waals surface area contributed by atoms with E-state index in [4.69, 9.17) is 0 Å². The predicted molar refractivity (Wildman–Crippen MR) is 243 cm³/mol. The molecule has 305 valence electrons. The van der Waals surface area contributed by atoms with Crippen molar-refractivity contribution in [2.45, 2.75) is 94.2 Å². The Morgan fingerprint density at radius 2 is 1.25 bits per heavy atom. The van der Waals surface area contributed by atoms with Gasteiger partial charge in [0.15, 0.2) is 0 Å². The zero-order valence-corrected chi connectivity index (χ0v) is 42.2. The second-order valence-electron chi connectivity index (χ2n) is 19.0. The molecule has 2 saturated carbocycles. The van der Waals surface area contributed by atoms with Crippen molar-refractivity contribution >= 4 is 15.6 Å². The van der Waals surface area contributed by atoms with Crippen molar-refractivity contribution in [1.29, 1.82) is 0 Å². The Hall–Kier alpha value is -2.48. The largest absolute Gasteiger partial charge is 3.00 e. The van der Waals surface area contributed by atoms with Gasteiger partial charge < -0.3 is 31.2 Å². The van der Waals surface area contributed by atoms with E-state index in [1.807, 2.05) is 0 Å². The average Bonchev–Trinajstić information content (AvgIpc) is 3.65. The number of rotatable bonds is 5. The van der Waals surface area contributed by atoms with Gasteiger partial charge in [-0.15, -0.1) is 17.4 Å². The monoisotopic (exact) mass is 911 g/mol. The first kappa shape index (κ1) is 47.6. The van der Waals surface area contributed by atoms with Gasteiger partial charge in [0, 0.05) is 26.3 Å². The molecule has 9 rings (SSSR count). The molecule has 0 heterocycles. The molecule has 0 amide bonds. The van der Waals surface area contributed by atoms with Crippen LogP contribution in [0.25, 0.3) is 28.3 Å². The van der Waals surface area contributed by atoms with Gasteiger partial charge in [0.2, 0.25) is 0 Å². The van der Waals surface area contributed by atoms with Crippen molar-refractivity contribution in [1.82, 2.24) is 0 Å². The van der Waals surface area contributed by atoms with Gasteiger partial charge in [-0.3, -0.25) is 0 Å². The molecule has 0 spiro atoms. The maximum Gasteiger partial charge on any atom is 3.00 e. The Morgan fingerprint density at radius 3 is 1.90 bits per heavy atom. The molecule has 0 aromatic heterocycles. The third-order valence-electron chi connectivity index (χ3n) is 17.6. The van der Waals surface area contributed by atoms with E-state index in [9.17, 15) is 0 Å². The first-order valence-electron chi connectivity index (χ1n) is 21.3. The van der Waals surface area contributed by atoms with Crippen LogP contribution in [-0.4, -0.2) is 9.52 Å². The van der Waals surface area contributed by atoms with Crippen molar-refractivity contribution in [2.24, 2.45) is 43.8 Å². The minimum absolute atomic E-state index is 0. The van der Waals surface area contributed by atoms with Crippen LogP contribution in [0.5, 0.6) is 0 Å². The fourth-order valence-corrected chi connectivity index (χ4v) is 13.9. The molecule has 3 aromatic carbocycles. The summed E-state index contributed by atoms with van der Waals surface area (Å²) in [5.74, 6) is 0.595. The molecule has 0 N–H and O–H groups in total. The van der Waals surface area contributed by atoms with Crippen molar-refractivity contribution in [2.75, 3.05) is 0 Å². The van der Waals surface area contributed by atoms with Crippen LogP contribution in [0, 0.1) is 50.2 Å². The van der Waals surface area contributed by atoms with Crippen LogP contribution in [0.1, 0.15) is 92.2 Å². The summed E-state index contributed by atoms with van der Waals surface area (Å²) >= 11 is 0. The summed E-state index contributed by atoms with van der Waals surface area (Å²) in [4.78, 5) is 0. The predicted octanol–water partition coefficient (Wildman–Crippen LogP) is 9.12. The molecule has 9 unspecified atom stereocenters. The molecule has 3 radical (unpaired) electrons. The quantitative estimate of drug-likeness (QED) is 0.177. The van der Waals surface area contributed by atoms with Crippen LogP contribution in [0.3, 0.4) is 0 Å². The summed E-state index contributed by atoms with van der Waals surface area (Å²) < 4.78 is 0. The van der Waals surface area contributed by atoms with Crippen LogP contribution in [0.2, 0.25) is 13.1 Å². The smallest absolute Gasteiger partial charge is 1.00 e. The van der Waals surface area contributed by atoms with Gasteiger partial charge in [0.1, 0.15) is 0 Å². The van der Waals surface area contributed by atoms with Crippen LogP contribution in [-0.2, 0) is 26.2 Å². The number of hydrogen-bond acceptors (Lipinski definition) is 0. The van der Waals surface area contributed by atoms with Crippen LogP contribution < -0.4 is 24.8 Å². The molecular formula is C55H63Cl2SiZr. The number of benzene rings is 3. The standard InChI is InChI=1S/C53H57.C2H6Si.2ClH.Zr/c1-10-19-40-34-44-42(39-29-27-38(28-30-39)37-21-12-11-13-22-37)24-17-25-43(44)46(40)45-26-18-33-48(4)47(3)31-14-15-32-49(47,5)53(9)50(6,52(45,48)8)35-41-23-16-20-36(2)51(41,53)7;1-3-2;;;/h11-18,20-35,41,46H,10,19H2,1-9H3;1-2H3;2*1H;/q-1;;;;+3/p-2. The topological polar surface area (TPSA) is 0 Å². The zero-order chi connectivity index (χ0) is 39.9. The molecule has 6 aliphatic carbocycles. The van der Waals surface area contributed by atoms with E-state index in [2.05, 4.69) is 221 Å². The second-order valence-corrected chi connectivity index (χ2v) is 20.0. The third kappa shape index (κ3) is 5.88. The van der Waals surface area contributed by atoms with Gasteiger partial charge in [-0.05, 0) is 68.4 Å². The summed E-state index contributed by atoms with van der Waals surface area (Å²) in [6.45, 7) is 27.6. The molecule has 4 heteroatoms. The number of halogens is 2. The number of hydrogen-bond donors (Lipinski definition) is 0. The Kier molecular flexibility index (Phi) is 13.4. The van der Waals surface area contributed by atoms with Crippen LogP contribution in [0.4, 0.5) is 0 Å². The van der Waals surface area contributed by atoms with E-state index < -0.39 is 0 Å². The molecule has 0 bridgehead atoms. The summed E-state index contributed by atoms with van der Waals surface area (Å²) in [6.07, 6.45) is 32.6. The maximum absolute atomic E-state index is 2.85. The molecule has 59 heavy (non-hydrogen) atoms. The Labute approximate surface area is 391 Å². The minimum Gasteiger partial charge on any atom is -1.00 e. The van der Waals surface area contributed by atoms with Crippen LogP contribution in [0.15, 0.2) is 150 Å². The maximum atomic E-state index is 2.85. The van der Waals surface area contributed by atoms with Gasteiger partial charge in [-0.1, -0.05) is 225 Å². The van der Waals surface area contributed by atoms with Gasteiger partial charge in [-0.2, -0.15) is 0 Å². The van der Waals surface area contributed by atoms with Crippen molar-refractivity contribution in [3.63, 3.8) is 0 Å². The fourth-order valence-electron chi connectivity index (χ4n) is 13.9. The van der Waals surface area contributed by atoms with E-state index in [-0.39, 0.29) is 94.8 Å². The van der Waals surface area contributed by atoms with E-state index in [0.29, 0.717) is 5.92 Å². The summed E-state index contributed by atoms with van der Waals surface area (Å²) in [5.41, 5.74) is 11.8. The summed E-state index contributed by atoms with van der Waals surface area (Å²) in [7, 11) is 1.08. The molecule has 0 nitrogen and oxygen atoms in total. The first-order valence-corrected chi connectivity index (χ1v) is 23.3. The van der Waals surface area contributed by atoms with Crippen molar-refractivity contribution in [3.8, 4) is 22.3 Å². The van der Waals surface area contributed by atoms with Crippen molar-refractivity contribution < 1.29 is 51.0 Å². The average molecular weight is 914 g/mol. The van der Waals surface area contributed by atoms with E-state index in [1.165, 1.54) is 39.0 Å². The van der Waals surface area contributed by atoms with E-state index in [1.54, 1.807) is 11.1 Å². The minimum atomic E-state index is -0.200. The summed E-state index contributed by atoms with van der Waals surface area (Å²) in [6, 6.07) is 27.1. The molecule has 2 fully saturated rings. The molecule has 0 saturated heterocycles. The van der Waals surface area contributed by atoms with Gasteiger partial charge >= 0.3 is 26.2 Å². The molecule has 9 atom stereocenters. The third-order valence-corrected chi connectivity index (χ3v) is 17.6. The Bertz CT molecular complexity index is 2280. The fraction of sp³-hybridized carbons (Fsp3) is 0.400. The number of allylic oxidation sites excluding steroid dienone is 13. The molecule has 0 aliphatic heterocycles. The van der Waals surface area contributed by atoms with E-state index >= 15 is 0 Å². The molecule has 3 aromatic rings. The zero-order valence-electron chi connectivity index (χ0n) is 37.2. The van der Waals surface area contributed by atoms with Gasteiger partial charge in [0.25, 0.3) is 0 Å². The van der Waals surface area contributed by atoms with E-state index in [0.717, 1.165) is 22.4 Å². The Balaban J connectivity index is 0.00000107. The van der Waals surface area contributed by atoms with Gasteiger partial charge in [0.05, 0.1) is 0 Å². The first-order chi connectivity index (χ1) is 26.7. The number of fused-ring (bicyclic) bond motifs is 9. The molecule has 6 aliphatic rings. The second kappa shape index (κ2) is 16.7. The SMILES string of the molecule is CCCC1=Cc2c(-c3ccc(-c4ccccc4)cc3)cccc2C1C1=CC=CC2(C)C3(C)C=CC=CC3(C)C3(C)C4(C)C(C)=CC=CC4[CH-]C3(C)C12C.C[Si]C.[Cl-].[Cl-].[Zr+3]. The summed E-state index contributed by atoms with van der Waals surface area (Å²) in [5, 5.41) is 0. The Morgan fingerprint density at radius 1 is 0.661 bits per heavy atom. The normalized spacial score (nSPS) is 36.3. The van der Waals surface area contributed by atoms with Crippen LogP contribution >= 0.6 is 0 Å².